The molecule has 1 aromatic rings. The Labute approximate surface area is 65.2 Å². The van der Waals surface area contributed by atoms with Crippen molar-refractivity contribution in [2.75, 3.05) is 5.54 Å². The van der Waals surface area contributed by atoms with Crippen LogP contribution in [0.15, 0.2) is 24.3 Å². The van der Waals surface area contributed by atoms with E-state index >= 15 is 0 Å². The molecule has 1 N–H and O–H groups in total. The molecular formula is C9H10FN. The van der Waals surface area contributed by atoms with Crippen LogP contribution in [0.1, 0.15) is 24.3 Å². The molecule has 2 rings (SSSR count). The molecule has 0 atom stereocenters. The first kappa shape index (κ1) is 6.65. The molecule has 11 heavy (non-hydrogen) atoms. The number of nitrogens with one attached hydrogen (secondary N) is 1. The van der Waals surface area contributed by atoms with Crippen LogP contribution >= 0.6 is 0 Å². The van der Waals surface area contributed by atoms with E-state index in [2.05, 4.69) is 0 Å². The Morgan fingerprint density at radius 1 is 1.18 bits per heavy atom. The van der Waals surface area contributed by atoms with Gasteiger partial charge in [-0.25, -0.2) is 5.54 Å². The predicted molar refractivity (Wildman–Crippen MR) is 43.1 cm³/mol. The van der Waals surface area contributed by atoms with Gasteiger partial charge in [-0.3, -0.25) is 0 Å². The van der Waals surface area contributed by atoms with Gasteiger partial charge in [-0.05, 0) is 36.5 Å². The molecule has 0 radical (unpaired) electrons. The number of halogens is 1. The van der Waals surface area contributed by atoms with Crippen LogP contribution in [0.5, 0.6) is 0 Å². The third-order valence-electron chi connectivity index (χ3n) is 2.07. The minimum Gasteiger partial charge on any atom is -0.225 e. The Morgan fingerprint density at radius 3 is 2.27 bits per heavy atom. The lowest BCUT2D eigenvalue weighted by Gasteiger charge is -1.98. The molecule has 1 nitrogen and oxygen atoms in total. The zero-order valence-corrected chi connectivity index (χ0v) is 6.18. The summed E-state index contributed by atoms with van der Waals surface area (Å²) in [5, 5.41) is 0. The van der Waals surface area contributed by atoms with Crippen molar-refractivity contribution in [2.24, 2.45) is 0 Å². The van der Waals surface area contributed by atoms with E-state index in [0.29, 0.717) is 5.69 Å². The normalized spacial score (nSPS) is 16.5. The molecule has 0 saturated heterocycles. The maximum Gasteiger partial charge on any atom is 0.0655 e. The van der Waals surface area contributed by atoms with E-state index in [0.717, 1.165) is 5.92 Å². The Morgan fingerprint density at radius 2 is 1.82 bits per heavy atom. The largest absolute Gasteiger partial charge is 0.225 e. The van der Waals surface area contributed by atoms with E-state index in [1.54, 1.807) is 17.7 Å². The van der Waals surface area contributed by atoms with Crippen molar-refractivity contribution in [3.63, 3.8) is 0 Å². The minimum atomic E-state index is 0.536. The van der Waals surface area contributed by atoms with E-state index in [1.807, 2.05) is 12.1 Å². The van der Waals surface area contributed by atoms with Crippen LogP contribution in [0, 0.1) is 0 Å². The van der Waals surface area contributed by atoms with Crippen LogP contribution < -0.4 is 5.54 Å². The van der Waals surface area contributed by atoms with Crippen molar-refractivity contribution in [1.82, 2.24) is 0 Å². The van der Waals surface area contributed by atoms with Crippen LogP contribution in [0.2, 0.25) is 0 Å². The van der Waals surface area contributed by atoms with Crippen LogP contribution in [0.3, 0.4) is 0 Å². The molecule has 0 aromatic heterocycles. The minimum absolute atomic E-state index is 0.536. The predicted octanol–water partition coefficient (Wildman–Crippen LogP) is 2.86. The summed E-state index contributed by atoms with van der Waals surface area (Å²) in [7, 11) is 0. The van der Waals surface area contributed by atoms with Gasteiger partial charge in [0.2, 0.25) is 0 Å². The van der Waals surface area contributed by atoms with Gasteiger partial charge in [-0.1, -0.05) is 12.1 Å². The summed E-state index contributed by atoms with van der Waals surface area (Å²) in [6.45, 7) is 0. The molecule has 1 saturated carbocycles. The first-order valence-corrected chi connectivity index (χ1v) is 3.87. The Hall–Kier alpha value is -1.05. The molecule has 0 aliphatic heterocycles. The van der Waals surface area contributed by atoms with Gasteiger partial charge in [0.1, 0.15) is 0 Å². The quantitative estimate of drug-likeness (QED) is 0.641. The molecular weight excluding hydrogens is 141 g/mol. The Kier molecular flexibility index (Phi) is 1.53. The summed E-state index contributed by atoms with van der Waals surface area (Å²) in [4.78, 5) is 0. The van der Waals surface area contributed by atoms with Crippen molar-refractivity contribution in [2.45, 2.75) is 18.8 Å². The first-order chi connectivity index (χ1) is 5.40. The second kappa shape index (κ2) is 2.53. The van der Waals surface area contributed by atoms with Crippen molar-refractivity contribution < 1.29 is 4.48 Å². The molecule has 2 heteroatoms. The zero-order valence-electron chi connectivity index (χ0n) is 6.18. The lowest BCUT2D eigenvalue weighted by atomic mass is 10.1. The number of anilines is 1. The lowest BCUT2D eigenvalue weighted by Crippen LogP contribution is -1.82. The van der Waals surface area contributed by atoms with Gasteiger partial charge >= 0.3 is 0 Å². The SMILES string of the molecule is FNc1ccc(C2CC2)cc1. The molecule has 1 fully saturated rings. The monoisotopic (exact) mass is 151 g/mol. The summed E-state index contributed by atoms with van der Waals surface area (Å²) >= 11 is 0. The Balaban J connectivity index is 2.19. The lowest BCUT2D eigenvalue weighted by molar-refractivity contribution is 0.617. The fraction of sp³-hybridized carbons (Fsp3) is 0.333. The molecule has 1 aliphatic carbocycles. The van der Waals surface area contributed by atoms with Crippen LogP contribution in [-0.4, -0.2) is 0 Å². The fourth-order valence-corrected chi connectivity index (χ4v) is 1.23. The van der Waals surface area contributed by atoms with Crippen molar-refractivity contribution >= 4 is 5.69 Å². The van der Waals surface area contributed by atoms with Gasteiger partial charge in [-0.2, -0.15) is 0 Å². The maximum atomic E-state index is 11.8. The highest BCUT2D eigenvalue weighted by Crippen LogP contribution is 2.40. The van der Waals surface area contributed by atoms with E-state index in [-0.39, 0.29) is 0 Å². The maximum absolute atomic E-state index is 11.8. The standard InChI is InChI=1S/C9H10FN/c10-11-9-5-3-8(4-6-9)7-1-2-7/h3-7,11H,1-2H2. The van der Waals surface area contributed by atoms with E-state index in [4.69, 9.17) is 0 Å². The second-order valence-electron chi connectivity index (χ2n) is 2.99. The second-order valence-corrected chi connectivity index (χ2v) is 2.99. The smallest absolute Gasteiger partial charge is 0.0655 e. The number of rotatable bonds is 2. The van der Waals surface area contributed by atoms with E-state index in [9.17, 15) is 4.48 Å². The summed E-state index contributed by atoms with van der Waals surface area (Å²) in [5.41, 5.74) is 3.49. The van der Waals surface area contributed by atoms with Gasteiger partial charge in [0.05, 0.1) is 5.69 Å². The third-order valence-corrected chi connectivity index (χ3v) is 2.07. The van der Waals surface area contributed by atoms with Crippen molar-refractivity contribution in [3.8, 4) is 0 Å². The van der Waals surface area contributed by atoms with Gasteiger partial charge in [0, 0.05) is 0 Å². The number of hydrogen-bond donors (Lipinski definition) is 1. The fourth-order valence-electron chi connectivity index (χ4n) is 1.23. The van der Waals surface area contributed by atoms with Gasteiger partial charge in [-0.15, -0.1) is 4.48 Å². The number of hydrogen-bond acceptors (Lipinski definition) is 1. The highest BCUT2D eigenvalue weighted by molar-refractivity contribution is 5.43. The van der Waals surface area contributed by atoms with Crippen LogP contribution in [-0.2, 0) is 0 Å². The highest BCUT2D eigenvalue weighted by atomic mass is 19.2. The summed E-state index contributed by atoms with van der Waals surface area (Å²) < 4.78 is 11.8. The molecule has 1 aromatic carbocycles. The van der Waals surface area contributed by atoms with Gasteiger partial charge in [0.25, 0.3) is 0 Å². The Bertz CT molecular complexity index is 238. The first-order valence-electron chi connectivity index (χ1n) is 3.87. The van der Waals surface area contributed by atoms with Gasteiger partial charge < -0.3 is 0 Å². The number of benzene rings is 1. The van der Waals surface area contributed by atoms with Crippen LogP contribution in [0.4, 0.5) is 10.2 Å². The summed E-state index contributed by atoms with van der Waals surface area (Å²) in [5.74, 6) is 0.753. The van der Waals surface area contributed by atoms with E-state index < -0.39 is 0 Å². The third kappa shape index (κ3) is 1.34. The summed E-state index contributed by atoms with van der Waals surface area (Å²) in [6, 6.07) is 7.51. The van der Waals surface area contributed by atoms with Crippen molar-refractivity contribution in [1.29, 1.82) is 0 Å². The molecule has 0 unspecified atom stereocenters. The van der Waals surface area contributed by atoms with Gasteiger partial charge in [0.15, 0.2) is 0 Å². The average molecular weight is 151 g/mol. The molecule has 0 spiro atoms. The zero-order chi connectivity index (χ0) is 7.68. The summed E-state index contributed by atoms with van der Waals surface area (Å²) in [6.07, 6.45) is 2.59. The highest BCUT2D eigenvalue weighted by Gasteiger charge is 2.22. The average Bonchev–Trinajstić information content (AvgIpc) is 2.87. The molecule has 1 aliphatic rings. The van der Waals surface area contributed by atoms with E-state index in [1.165, 1.54) is 18.4 Å². The molecule has 0 bridgehead atoms. The topological polar surface area (TPSA) is 12.0 Å². The molecule has 0 heterocycles. The molecule has 0 amide bonds. The molecule has 58 valence electrons. The van der Waals surface area contributed by atoms with Crippen molar-refractivity contribution in [3.05, 3.63) is 29.8 Å². The van der Waals surface area contributed by atoms with Crippen LogP contribution in [0.25, 0.3) is 0 Å².